The van der Waals surface area contributed by atoms with Crippen LogP contribution in [0.15, 0.2) is 42.0 Å². The first kappa shape index (κ1) is 17.8. The Labute approximate surface area is 159 Å². The first-order chi connectivity index (χ1) is 13.2. The predicted molar refractivity (Wildman–Crippen MR) is 105 cm³/mol. The van der Waals surface area contributed by atoms with E-state index < -0.39 is 0 Å². The quantitative estimate of drug-likeness (QED) is 0.770. The van der Waals surface area contributed by atoms with E-state index in [2.05, 4.69) is 16.7 Å². The van der Waals surface area contributed by atoms with Gasteiger partial charge in [-0.2, -0.15) is 5.10 Å². The van der Waals surface area contributed by atoms with Gasteiger partial charge < -0.3 is 10.1 Å². The van der Waals surface area contributed by atoms with Gasteiger partial charge in [0, 0.05) is 12.1 Å². The van der Waals surface area contributed by atoms with Crippen molar-refractivity contribution in [3.8, 4) is 17.0 Å². The third-order valence-electron chi connectivity index (χ3n) is 5.32. The number of nitrogens with zero attached hydrogens (tertiary/aromatic N) is 2. The number of carbonyl (C=O) groups excluding carboxylic acids is 1. The molecule has 0 saturated carbocycles. The Kier molecular flexibility index (Phi) is 5.25. The fourth-order valence-electron chi connectivity index (χ4n) is 3.76. The molecule has 1 aromatic heterocycles. The molecule has 6 nitrogen and oxygen atoms in total. The molecule has 2 aliphatic rings. The zero-order valence-corrected chi connectivity index (χ0v) is 15.7. The number of benzene rings is 1. The molecule has 0 bridgehead atoms. The molecule has 4 rings (SSSR count). The van der Waals surface area contributed by atoms with Crippen LogP contribution in [0.25, 0.3) is 11.3 Å². The van der Waals surface area contributed by atoms with E-state index in [1.54, 1.807) is 12.7 Å². The summed E-state index contributed by atoms with van der Waals surface area (Å²) in [5, 5.41) is 11.2. The Balaban J connectivity index is 1.48. The molecule has 27 heavy (non-hydrogen) atoms. The summed E-state index contributed by atoms with van der Waals surface area (Å²) in [5.41, 5.74) is 3.91. The normalized spacial score (nSPS) is 19.2. The summed E-state index contributed by atoms with van der Waals surface area (Å²) in [5.74, 6) is 0.729. The Hall–Kier alpha value is -2.60. The Bertz CT molecular complexity index is 838. The van der Waals surface area contributed by atoms with Gasteiger partial charge in [0.1, 0.15) is 17.6 Å². The van der Waals surface area contributed by atoms with Crippen LogP contribution in [0.3, 0.4) is 0 Å². The summed E-state index contributed by atoms with van der Waals surface area (Å²) >= 11 is 0. The van der Waals surface area contributed by atoms with Gasteiger partial charge in [0.05, 0.1) is 19.3 Å². The highest BCUT2D eigenvalue weighted by molar-refractivity contribution is 5.94. The van der Waals surface area contributed by atoms with Crippen LogP contribution in [-0.4, -0.2) is 35.9 Å². The van der Waals surface area contributed by atoms with Gasteiger partial charge in [0.2, 0.25) is 0 Å². The number of methoxy groups -OCH3 is 1. The second-order valence-electron chi connectivity index (χ2n) is 7.13. The van der Waals surface area contributed by atoms with Gasteiger partial charge in [-0.15, -0.1) is 0 Å². The fraction of sp³-hybridized carbons (Fsp3) is 0.429. The van der Waals surface area contributed by atoms with Crippen LogP contribution in [0.4, 0.5) is 0 Å². The summed E-state index contributed by atoms with van der Waals surface area (Å²) in [6.45, 7) is 1.44. The maximum Gasteiger partial charge on any atom is 0.269 e. The molecule has 2 aromatic rings. The van der Waals surface area contributed by atoms with Crippen LogP contribution in [0, 0.1) is 0 Å². The van der Waals surface area contributed by atoms with Crippen LogP contribution in [0.2, 0.25) is 0 Å². The van der Waals surface area contributed by atoms with E-state index in [9.17, 15) is 4.79 Å². The second kappa shape index (κ2) is 7.96. The largest absolute Gasteiger partial charge is 0.497 e. The summed E-state index contributed by atoms with van der Waals surface area (Å²) in [7, 11) is 1.65. The van der Waals surface area contributed by atoms with Gasteiger partial charge >= 0.3 is 0 Å². The number of rotatable bonds is 6. The van der Waals surface area contributed by atoms with Crippen molar-refractivity contribution >= 4 is 5.91 Å². The average molecular weight is 366 g/mol. The first-order valence-electron chi connectivity index (χ1n) is 9.68. The number of carbonyl (C=O) groups is 1. The number of aromatic nitrogens is 2. The Morgan fingerprint density at radius 1 is 1.30 bits per heavy atom. The van der Waals surface area contributed by atoms with Crippen molar-refractivity contribution in [2.24, 2.45) is 0 Å². The van der Waals surface area contributed by atoms with Crippen molar-refractivity contribution in [1.29, 1.82) is 0 Å². The summed E-state index contributed by atoms with van der Waals surface area (Å²) in [6, 6.07) is 9.59. The van der Waals surface area contributed by atoms with E-state index in [0.717, 1.165) is 30.0 Å². The van der Waals surface area contributed by atoms with Crippen molar-refractivity contribution in [3.05, 3.63) is 47.7 Å². The van der Waals surface area contributed by atoms with E-state index in [1.165, 1.54) is 25.7 Å². The molecule has 0 radical (unpaired) electrons. The van der Waals surface area contributed by atoms with E-state index in [0.29, 0.717) is 12.2 Å². The second-order valence-corrected chi connectivity index (χ2v) is 7.13. The van der Waals surface area contributed by atoms with Gasteiger partial charge in [-0.3, -0.25) is 10.1 Å². The first-order valence-corrected chi connectivity index (χ1v) is 9.68. The third-order valence-corrected chi connectivity index (χ3v) is 5.32. The van der Waals surface area contributed by atoms with Gasteiger partial charge in [-0.1, -0.05) is 11.6 Å². The van der Waals surface area contributed by atoms with Crippen molar-refractivity contribution in [2.45, 2.75) is 38.3 Å². The molecular weight excluding hydrogens is 340 g/mol. The van der Waals surface area contributed by atoms with Crippen LogP contribution in [0.5, 0.6) is 5.75 Å². The van der Waals surface area contributed by atoms with Gasteiger partial charge in [-0.25, -0.2) is 4.68 Å². The van der Waals surface area contributed by atoms with E-state index in [4.69, 9.17) is 9.84 Å². The van der Waals surface area contributed by atoms with Crippen molar-refractivity contribution in [2.75, 3.05) is 20.2 Å². The zero-order chi connectivity index (χ0) is 18.6. The molecule has 6 heteroatoms. The SMILES string of the molecule is COc1ccc(-c2cc3n(n2)[C@H](NCCC2=CCCCC2)CNC3=O)cc1. The number of amides is 1. The van der Waals surface area contributed by atoms with Crippen LogP contribution >= 0.6 is 0 Å². The highest BCUT2D eigenvalue weighted by Crippen LogP contribution is 2.25. The lowest BCUT2D eigenvalue weighted by molar-refractivity contribution is 0.0900. The molecule has 1 atom stereocenters. The average Bonchev–Trinajstić information content (AvgIpc) is 3.17. The molecule has 2 N–H and O–H groups in total. The molecule has 1 aromatic carbocycles. The summed E-state index contributed by atoms with van der Waals surface area (Å²) in [4.78, 5) is 12.3. The maximum atomic E-state index is 12.3. The number of hydrogen-bond donors (Lipinski definition) is 2. The number of fused-ring (bicyclic) bond motifs is 1. The lowest BCUT2D eigenvalue weighted by atomic mass is 9.97. The number of allylic oxidation sites excluding steroid dienone is 1. The van der Waals surface area contributed by atoms with Gasteiger partial charge in [0.15, 0.2) is 0 Å². The molecule has 1 aliphatic carbocycles. The lowest BCUT2D eigenvalue weighted by Crippen LogP contribution is -2.45. The molecule has 1 aliphatic heterocycles. The lowest BCUT2D eigenvalue weighted by Gasteiger charge is -2.26. The molecule has 0 spiro atoms. The summed E-state index contributed by atoms with van der Waals surface area (Å²) < 4.78 is 7.04. The molecule has 1 amide bonds. The van der Waals surface area contributed by atoms with Crippen molar-refractivity contribution in [3.63, 3.8) is 0 Å². The van der Waals surface area contributed by atoms with Crippen LogP contribution in [0.1, 0.15) is 48.8 Å². The van der Waals surface area contributed by atoms with E-state index in [1.807, 2.05) is 35.0 Å². The molecule has 2 heterocycles. The smallest absolute Gasteiger partial charge is 0.269 e. The van der Waals surface area contributed by atoms with Crippen LogP contribution < -0.4 is 15.4 Å². The Morgan fingerprint density at radius 3 is 2.89 bits per heavy atom. The maximum absolute atomic E-state index is 12.3. The minimum Gasteiger partial charge on any atom is -0.497 e. The monoisotopic (exact) mass is 366 g/mol. The van der Waals surface area contributed by atoms with Crippen LogP contribution in [-0.2, 0) is 0 Å². The van der Waals surface area contributed by atoms with E-state index >= 15 is 0 Å². The number of ether oxygens (including phenoxy) is 1. The predicted octanol–water partition coefficient (Wildman–Crippen LogP) is 3.28. The molecular formula is C21H26N4O2. The molecule has 0 saturated heterocycles. The zero-order valence-electron chi connectivity index (χ0n) is 15.7. The minimum absolute atomic E-state index is 0.0195. The van der Waals surface area contributed by atoms with Crippen molar-refractivity contribution in [1.82, 2.24) is 20.4 Å². The van der Waals surface area contributed by atoms with E-state index in [-0.39, 0.29) is 12.1 Å². The highest BCUT2D eigenvalue weighted by Gasteiger charge is 2.27. The Morgan fingerprint density at radius 2 is 2.15 bits per heavy atom. The fourth-order valence-corrected chi connectivity index (χ4v) is 3.76. The molecule has 142 valence electrons. The minimum atomic E-state index is -0.0738. The molecule has 0 unspecified atom stereocenters. The van der Waals surface area contributed by atoms with Gasteiger partial charge in [-0.05, 0) is 62.4 Å². The number of hydrogen-bond acceptors (Lipinski definition) is 4. The third kappa shape index (κ3) is 3.90. The topological polar surface area (TPSA) is 68.2 Å². The molecule has 0 fully saturated rings. The van der Waals surface area contributed by atoms with Crippen molar-refractivity contribution < 1.29 is 9.53 Å². The highest BCUT2D eigenvalue weighted by atomic mass is 16.5. The number of nitrogens with one attached hydrogen (secondary N) is 2. The summed E-state index contributed by atoms with van der Waals surface area (Å²) in [6.07, 6.45) is 8.48. The van der Waals surface area contributed by atoms with Gasteiger partial charge in [0.25, 0.3) is 5.91 Å². The standard InChI is InChI=1S/C21H26N4O2/c1-27-17-9-7-16(8-10-17)18-13-19-21(26)23-14-20(25(19)24-18)22-12-11-15-5-3-2-4-6-15/h5,7-10,13,20,22H,2-4,6,11-12,14H2,1H3,(H,23,26)/t20-/m0/s1.